The Morgan fingerprint density at radius 3 is 2.58 bits per heavy atom. The van der Waals surface area contributed by atoms with Gasteiger partial charge in [0.25, 0.3) is 0 Å². The lowest BCUT2D eigenvalue weighted by molar-refractivity contribution is -0.143. The van der Waals surface area contributed by atoms with Gasteiger partial charge in [0, 0.05) is 35.4 Å². The third kappa shape index (κ3) is 4.17. The summed E-state index contributed by atoms with van der Waals surface area (Å²) in [7, 11) is 3.37. The minimum atomic E-state index is -0.739. The minimum absolute atomic E-state index is 0.00637. The van der Waals surface area contributed by atoms with E-state index in [1.54, 1.807) is 4.90 Å². The number of rotatable bonds is 4. The molecule has 0 bridgehead atoms. The van der Waals surface area contributed by atoms with Crippen LogP contribution in [0, 0.1) is 5.92 Å². The predicted octanol–water partition coefficient (Wildman–Crippen LogP) is 6.18. The van der Waals surface area contributed by atoms with Crippen molar-refractivity contribution in [2.24, 2.45) is 5.92 Å². The van der Waals surface area contributed by atoms with Crippen LogP contribution in [-0.4, -0.2) is 46.9 Å². The molecule has 1 fully saturated rings. The Balaban J connectivity index is 1.69. The zero-order valence-corrected chi connectivity index (χ0v) is 21.5. The number of benzene rings is 2. The molecule has 2 heterocycles. The summed E-state index contributed by atoms with van der Waals surface area (Å²) in [5.41, 5.74) is 4.58. The van der Waals surface area contributed by atoms with Crippen molar-refractivity contribution in [2.45, 2.75) is 57.5 Å². The summed E-state index contributed by atoms with van der Waals surface area (Å²) in [6, 6.07) is 11.6. The highest BCUT2D eigenvalue weighted by Crippen LogP contribution is 2.43. The van der Waals surface area contributed by atoms with Crippen molar-refractivity contribution < 1.29 is 19.4 Å². The zero-order chi connectivity index (χ0) is 25.6. The number of aryl methyl sites for hydroxylation is 1. The molecule has 36 heavy (non-hydrogen) atoms. The largest absolute Gasteiger partial charge is 0.481 e. The number of methoxy groups -OCH3 is 1. The molecule has 9 heteroatoms. The number of carbonyl (C=O) groups is 2. The Morgan fingerprint density at radius 1 is 1.14 bits per heavy atom. The summed E-state index contributed by atoms with van der Waals surface area (Å²) < 4.78 is 7.29. The van der Waals surface area contributed by atoms with Crippen LogP contribution in [0.25, 0.3) is 11.0 Å². The number of ether oxygens (including phenoxy) is 1. The molecule has 0 saturated heterocycles. The van der Waals surface area contributed by atoms with Gasteiger partial charge in [-0.2, -0.15) is 0 Å². The van der Waals surface area contributed by atoms with Crippen LogP contribution in [0.15, 0.2) is 36.4 Å². The number of hydrogen-bond acceptors (Lipinski definition) is 5. The quantitative estimate of drug-likeness (QED) is 0.451. The second kappa shape index (κ2) is 9.65. The van der Waals surface area contributed by atoms with Crippen LogP contribution in [0.4, 0.5) is 22.1 Å². The summed E-state index contributed by atoms with van der Waals surface area (Å²) in [4.78, 5) is 33.4. The summed E-state index contributed by atoms with van der Waals surface area (Å²) in [5, 5.41) is 10.4. The van der Waals surface area contributed by atoms with Crippen molar-refractivity contribution in [1.29, 1.82) is 0 Å². The molecule has 3 atom stereocenters. The van der Waals surface area contributed by atoms with Gasteiger partial charge in [0.1, 0.15) is 0 Å². The van der Waals surface area contributed by atoms with Gasteiger partial charge in [0.15, 0.2) is 0 Å². The molecule has 5 rings (SSSR count). The fourth-order valence-electron chi connectivity index (χ4n) is 5.76. The van der Waals surface area contributed by atoms with E-state index in [1.165, 1.54) is 7.11 Å². The van der Waals surface area contributed by atoms with E-state index in [4.69, 9.17) is 21.3 Å². The number of carboxylic acids is 1. The van der Waals surface area contributed by atoms with E-state index in [0.717, 1.165) is 59.6 Å². The fraction of sp³-hybridized carbons (Fsp3) is 0.444. The average Bonchev–Trinajstić information content (AvgIpc) is 3.28. The molecule has 190 valence electrons. The molecule has 1 N–H and O–H groups in total. The van der Waals surface area contributed by atoms with E-state index < -0.39 is 5.97 Å². The van der Waals surface area contributed by atoms with Crippen LogP contribution in [0.5, 0.6) is 0 Å². The Bertz CT molecular complexity index is 1310. The monoisotopic (exact) mass is 510 g/mol. The molecule has 1 unspecified atom stereocenters. The first-order chi connectivity index (χ1) is 17.3. The van der Waals surface area contributed by atoms with Crippen LogP contribution < -0.4 is 9.80 Å². The van der Waals surface area contributed by atoms with Crippen molar-refractivity contribution in [1.82, 2.24) is 9.55 Å². The normalized spacial score (nSPS) is 21.8. The maximum absolute atomic E-state index is 12.6. The maximum atomic E-state index is 12.6. The van der Waals surface area contributed by atoms with Crippen molar-refractivity contribution in [2.75, 3.05) is 24.0 Å². The smallest absolute Gasteiger partial charge is 0.414 e. The van der Waals surface area contributed by atoms with Gasteiger partial charge in [-0.25, -0.2) is 9.78 Å². The number of carbonyl (C=O) groups excluding carboxylic acids is 1. The average molecular weight is 511 g/mol. The molecule has 1 aliphatic carbocycles. The van der Waals surface area contributed by atoms with Gasteiger partial charge in [-0.15, -0.1) is 0 Å². The minimum Gasteiger partial charge on any atom is -0.481 e. The molecule has 1 saturated carbocycles. The fourth-order valence-corrected chi connectivity index (χ4v) is 5.89. The highest BCUT2D eigenvalue weighted by Gasteiger charge is 2.35. The van der Waals surface area contributed by atoms with E-state index in [0.29, 0.717) is 17.9 Å². The molecular weight excluding hydrogens is 480 g/mol. The number of fused-ring (bicyclic) bond motifs is 3. The summed E-state index contributed by atoms with van der Waals surface area (Å²) >= 11 is 6.13. The second-order valence-electron chi connectivity index (χ2n) is 9.83. The first-order valence-corrected chi connectivity index (χ1v) is 12.8. The summed E-state index contributed by atoms with van der Waals surface area (Å²) in [5.74, 6) is -0.361. The van der Waals surface area contributed by atoms with Gasteiger partial charge >= 0.3 is 12.1 Å². The van der Waals surface area contributed by atoms with Crippen LogP contribution in [0.2, 0.25) is 5.02 Å². The summed E-state index contributed by atoms with van der Waals surface area (Å²) in [6.07, 6.45) is 4.22. The molecule has 0 spiro atoms. The molecule has 2 aromatic carbocycles. The molecule has 0 radical (unpaired) electrons. The number of amides is 1. The van der Waals surface area contributed by atoms with Crippen LogP contribution >= 0.6 is 11.6 Å². The SMILES string of the molecule is COC(=O)N1c2ccc3c(nc(N(C)c4ccc(Cl)cc4)n3[C@@H]3CCC[C@@H](C(=O)O)C3)c2CCC1C. The number of imidazole rings is 1. The highest BCUT2D eigenvalue weighted by molar-refractivity contribution is 6.30. The third-order valence-electron chi connectivity index (χ3n) is 7.68. The molecule has 1 aromatic heterocycles. The third-order valence-corrected chi connectivity index (χ3v) is 7.93. The Kier molecular flexibility index (Phi) is 6.55. The Hall–Kier alpha value is -3.26. The van der Waals surface area contributed by atoms with E-state index in [-0.39, 0.29) is 24.1 Å². The maximum Gasteiger partial charge on any atom is 0.414 e. The number of aliphatic carboxylic acids is 1. The van der Waals surface area contributed by atoms with Crippen molar-refractivity contribution >= 4 is 52.0 Å². The highest BCUT2D eigenvalue weighted by atomic mass is 35.5. The molecular formula is C27H31ClN4O4. The predicted molar refractivity (Wildman–Crippen MR) is 141 cm³/mol. The zero-order valence-electron chi connectivity index (χ0n) is 20.8. The first kappa shape index (κ1) is 24.4. The Morgan fingerprint density at radius 2 is 1.89 bits per heavy atom. The van der Waals surface area contributed by atoms with E-state index >= 15 is 0 Å². The first-order valence-electron chi connectivity index (χ1n) is 12.4. The van der Waals surface area contributed by atoms with Crippen LogP contribution in [0.3, 0.4) is 0 Å². The lowest BCUT2D eigenvalue weighted by atomic mass is 9.85. The number of hydrogen-bond donors (Lipinski definition) is 1. The van der Waals surface area contributed by atoms with E-state index in [2.05, 4.69) is 4.57 Å². The summed E-state index contributed by atoms with van der Waals surface area (Å²) in [6.45, 7) is 2.02. The number of aromatic nitrogens is 2. The number of halogens is 1. The molecule has 3 aromatic rings. The number of nitrogens with zero attached hydrogens (tertiary/aromatic N) is 4. The van der Waals surface area contributed by atoms with Gasteiger partial charge < -0.3 is 19.3 Å². The van der Waals surface area contributed by atoms with Gasteiger partial charge in [-0.1, -0.05) is 18.0 Å². The van der Waals surface area contributed by atoms with Crippen LogP contribution in [0.1, 0.15) is 50.6 Å². The van der Waals surface area contributed by atoms with Crippen molar-refractivity contribution in [3.8, 4) is 0 Å². The van der Waals surface area contributed by atoms with E-state index in [9.17, 15) is 14.7 Å². The molecule has 1 aliphatic heterocycles. The number of carboxylic acid groups (broad SMARTS) is 1. The standard InChI is InChI=1S/C27H31ClN4O4/c1-16-7-12-21-22(31(16)27(35)36-3)13-14-23-24(21)29-26(30(2)19-10-8-18(28)9-11-19)32(23)20-6-4-5-17(15-20)25(33)34/h8-11,13-14,16-17,20H,4-7,12,15H2,1-3H3,(H,33,34)/t16?,17-,20-/m1/s1. The van der Waals surface area contributed by atoms with Gasteiger partial charge in [-0.05, 0) is 75.4 Å². The van der Waals surface area contributed by atoms with Crippen molar-refractivity contribution in [3.63, 3.8) is 0 Å². The number of anilines is 3. The van der Waals surface area contributed by atoms with Gasteiger partial charge in [0.05, 0.1) is 29.7 Å². The second-order valence-corrected chi connectivity index (χ2v) is 10.3. The molecule has 1 amide bonds. The van der Waals surface area contributed by atoms with Gasteiger partial charge in [0.2, 0.25) is 5.95 Å². The van der Waals surface area contributed by atoms with Crippen LogP contribution in [-0.2, 0) is 16.0 Å². The Labute approximate surface area is 215 Å². The topological polar surface area (TPSA) is 87.9 Å². The molecule has 8 nitrogen and oxygen atoms in total. The lowest BCUT2D eigenvalue weighted by Crippen LogP contribution is -2.42. The van der Waals surface area contributed by atoms with Crippen molar-refractivity contribution in [3.05, 3.63) is 47.0 Å². The van der Waals surface area contributed by atoms with E-state index in [1.807, 2.05) is 55.3 Å². The molecule has 2 aliphatic rings. The lowest BCUT2D eigenvalue weighted by Gasteiger charge is -2.34. The van der Waals surface area contributed by atoms with Gasteiger partial charge in [-0.3, -0.25) is 9.69 Å².